The lowest BCUT2D eigenvalue weighted by atomic mass is 9.92. The molecule has 6 nitrogen and oxygen atoms in total. The molecule has 0 bridgehead atoms. The maximum atomic E-state index is 12.7. The van der Waals surface area contributed by atoms with Gasteiger partial charge in [-0.1, -0.05) is 12.1 Å². The smallest absolute Gasteiger partial charge is 0.229 e. The number of fused-ring (bicyclic) bond motifs is 1. The third-order valence-corrected chi connectivity index (χ3v) is 7.17. The second kappa shape index (κ2) is 5.44. The molecule has 6 heteroatoms. The Hall–Kier alpha value is -3.20. The van der Waals surface area contributed by atoms with E-state index in [2.05, 4.69) is 33.6 Å². The zero-order valence-corrected chi connectivity index (χ0v) is 16.2. The number of pyridine rings is 1. The minimum Gasteiger partial charge on any atom is -0.310 e. The third-order valence-electron chi connectivity index (χ3n) is 7.17. The molecule has 0 saturated heterocycles. The summed E-state index contributed by atoms with van der Waals surface area (Å²) in [6, 6.07) is 10.7. The van der Waals surface area contributed by atoms with Crippen molar-refractivity contribution in [3.05, 3.63) is 54.0 Å². The maximum Gasteiger partial charge on any atom is 0.229 e. The molecule has 1 amide bonds. The van der Waals surface area contributed by atoms with Crippen LogP contribution >= 0.6 is 0 Å². The molecule has 3 aliphatic carbocycles. The molecular formula is C23H21N5O. The fourth-order valence-corrected chi connectivity index (χ4v) is 5.03. The number of nitriles is 1. The van der Waals surface area contributed by atoms with Crippen molar-refractivity contribution in [1.82, 2.24) is 14.8 Å². The van der Waals surface area contributed by atoms with Crippen LogP contribution in [0, 0.1) is 22.7 Å². The van der Waals surface area contributed by atoms with E-state index in [-0.39, 0.29) is 28.6 Å². The monoisotopic (exact) mass is 383 g/mol. The van der Waals surface area contributed by atoms with Crippen LogP contribution in [0.5, 0.6) is 0 Å². The molecule has 3 aromatic rings. The van der Waals surface area contributed by atoms with E-state index in [0.29, 0.717) is 5.82 Å². The molecular weight excluding hydrogens is 362 g/mol. The summed E-state index contributed by atoms with van der Waals surface area (Å²) >= 11 is 0. The van der Waals surface area contributed by atoms with Crippen LogP contribution in [0.2, 0.25) is 0 Å². The van der Waals surface area contributed by atoms with Gasteiger partial charge in [0, 0.05) is 30.7 Å². The maximum absolute atomic E-state index is 12.7. The summed E-state index contributed by atoms with van der Waals surface area (Å²) in [6.07, 6.45) is 9.76. The predicted octanol–water partition coefficient (Wildman–Crippen LogP) is 3.66. The Balaban J connectivity index is 1.23. The lowest BCUT2D eigenvalue weighted by molar-refractivity contribution is -0.117. The van der Waals surface area contributed by atoms with Crippen molar-refractivity contribution >= 4 is 22.5 Å². The van der Waals surface area contributed by atoms with Gasteiger partial charge in [0.1, 0.15) is 5.82 Å². The third kappa shape index (κ3) is 2.43. The van der Waals surface area contributed by atoms with Crippen molar-refractivity contribution in [2.24, 2.45) is 18.4 Å². The van der Waals surface area contributed by atoms with Crippen LogP contribution in [-0.4, -0.2) is 20.7 Å². The van der Waals surface area contributed by atoms with Gasteiger partial charge in [0.25, 0.3) is 0 Å². The van der Waals surface area contributed by atoms with E-state index in [0.717, 1.165) is 47.6 Å². The van der Waals surface area contributed by atoms with Gasteiger partial charge in [0.15, 0.2) is 0 Å². The molecule has 1 N–H and O–H groups in total. The van der Waals surface area contributed by atoms with Crippen LogP contribution in [0.25, 0.3) is 10.8 Å². The number of carbonyl (C=O) groups excluding carboxylic acids is 1. The average Bonchev–Trinajstić information content (AvgIpc) is 3.67. The number of nitrogens with zero attached hydrogens (tertiary/aromatic N) is 4. The summed E-state index contributed by atoms with van der Waals surface area (Å²) in [5.41, 5.74) is 2.15. The molecule has 3 atom stereocenters. The fraction of sp³-hybridized carbons (Fsp3) is 0.391. The van der Waals surface area contributed by atoms with Crippen molar-refractivity contribution in [2.75, 3.05) is 5.32 Å². The van der Waals surface area contributed by atoms with Crippen LogP contribution < -0.4 is 5.32 Å². The Morgan fingerprint density at radius 2 is 2.14 bits per heavy atom. The van der Waals surface area contributed by atoms with Gasteiger partial charge in [-0.2, -0.15) is 10.4 Å². The van der Waals surface area contributed by atoms with Gasteiger partial charge in [-0.25, -0.2) is 4.98 Å². The Bertz CT molecular complexity index is 1220. The SMILES string of the molecule is Cn1cc(C2CC2C(=O)Nc2cc3cc(C4(C#N)CC45CC5)ccc3cn2)cn1. The average molecular weight is 383 g/mol. The van der Waals surface area contributed by atoms with Crippen molar-refractivity contribution < 1.29 is 4.79 Å². The lowest BCUT2D eigenvalue weighted by Gasteiger charge is -2.11. The van der Waals surface area contributed by atoms with E-state index in [4.69, 9.17) is 0 Å². The number of nitrogens with one attached hydrogen (secondary N) is 1. The highest BCUT2D eigenvalue weighted by Crippen LogP contribution is 2.78. The molecule has 2 aromatic heterocycles. The quantitative estimate of drug-likeness (QED) is 0.745. The van der Waals surface area contributed by atoms with Crippen LogP contribution in [0.15, 0.2) is 42.9 Å². The van der Waals surface area contributed by atoms with Gasteiger partial charge < -0.3 is 5.32 Å². The van der Waals surface area contributed by atoms with Crippen LogP contribution in [-0.2, 0) is 17.3 Å². The van der Waals surface area contributed by atoms with Gasteiger partial charge in [-0.15, -0.1) is 0 Å². The molecule has 2 heterocycles. The summed E-state index contributed by atoms with van der Waals surface area (Å²) in [4.78, 5) is 17.1. The Kier molecular flexibility index (Phi) is 3.14. The molecule has 0 aliphatic heterocycles. The first kappa shape index (κ1) is 16.7. The summed E-state index contributed by atoms with van der Waals surface area (Å²) in [5.74, 6) is 0.802. The zero-order valence-electron chi connectivity index (χ0n) is 16.2. The standard InChI is InChI=1S/C23H21N5O/c1-28-11-16(10-26-28)18-8-19(18)21(29)27-20-7-15-6-17(3-2-14(15)9-25-20)23(13-24)12-22(23)4-5-22/h2-3,6-7,9-11,18-19H,4-5,8,12H2,1H3,(H,25,27,29). The predicted molar refractivity (Wildman–Crippen MR) is 108 cm³/mol. The molecule has 29 heavy (non-hydrogen) atoms. The minimum atomic E-state index is -0.307. The van der Waals surface area contributed by atoms with Crippen LogP contribution in [0.1, 0.15) is 42.7 Å². The number of aromatic nitrogens is 3. The molecule has 6 rings (SSSR count). The van der Waals surface area contributed by atoms with Gasteiger partial charge in [0.05, 0.1) is 17.7 Å². The summed E-state index contributed by atoms with van der Waals surface area (Å²) in [6.45, 7) is 0. The van der Waals surface area contributed by atoms with E-state index in [9.17, 15) is 10.1 Å². The number of anilines is 1. The number of aryl methyl sites for hydroxylation is 1. The first-order valence-corrected chi connectivity index (χ1v) is 10.1. The summed E-state index contributed by atoms with van der Waals surface area (Å²) in [5, 5.41) is 19.0. The topological polar surface area (TPSA) is 83.6 Å². The lowest BCUT2D eigenvalue weighted by Crippen LogP contribution is -2.15. The summed E-state index contributed by atoms with van der Waals surface area (Å²) in [7, 11) is 1.89. The van der Waals surface area contributed by atoms with Gasteiger partial charge in [-0.3, -0.25) is 9.48 Å². The first-order valence-electron chi connectivity index (χ1n) is 10.1. The minimum absolute atomic E-state index is 0.00878. The summed E-state index contributed by atoms with van der Waals surface area (Å²) < 4.78 is 1.77. The van der Waals surface area contributed by atoms with Crippen LogP contribution in [0.4, 0.5) is 5.82 Å². The molecule has 1 aromatic carbocycles. The van der Waals surface area contributed by atoms with Crippen molar-refractivity contribution in [3.8, 4) is 6.07 Å². The zero-order chi connectivity index (χ0) is 19.8. The van der Waals surface area contributed by atoms with Crippen LogP contribution in [0.3, 0.4) is 0 Å². The van der Waals surface area contributed by atoms with Gasteiger partial charge in [-0.05, 0) is 65.7 Å². The molecule has 0 radical (unpaired) electrons. The van der Waals surface area contributed by atoms with E-state index in [1.165, 1.54) is 0 Å². The second-order valence-corrected chi connectivity index (χ2v) is 8.99. The molecule has 3 saturated carbocycles. The van der Waals surface area contributed by atoms with Crippen molar-refractivity contribution in [2.45, 2.75) is 37.0 Å². The van der Waals surface area contributed by atoms with Crippen molar-refractivity contribution in [1.29, 1.82) is 5.26 Å². The van der Waals surface area contributed by atoms with Gasteiger partial charge >= 0.3 is 0 Å². The molecule has 1 spiro atoms. The van der Waals surface area contributed by atoms with E-state index >= 15 is 0 Å². The highest BCUT2D eigenvalue weighted by molar-refractivity contribution is 5.96. The number of hydrogen-bond donors (Lipinski definition) is 1. The number of rotatable bonds is 4. The number of hydrogen-bond acceptors (Lipinski definition) is 4. The highest BCUT2D eigenvalue weighted by Gasteiger charge is 2.75. The van der Waals surface area contributed by atoms with E-state index in [1.807, 2.05) is 31.6 Å². The van der Waals surface area contributed by atoms with E-state index in [1.54, 1.807) is 10.9 Å². The number of benzene rings is 1. The largest absolute Gasteiger partial charge is 0.310 e. The van der Waals surface area contributed by atoms with Gasteiger partial charge in [0.2, 0.25) is 5.91 Å². The number of carbonyl (C=O) groups is 1. The Morgan fingerprint density at radius 1 is 1.28 bits per heavy atom. The second-order valence-electron chi connectivity index (χ2n) is 8.99. The fourth-order valence-electron chi connectivity index (χ4n) is 5.03. The number of amides is 1. The molecule has 3 aliphatic rings. The molecule has 3 unspecified atom stereocenters. The van der Waals surface area contributed by atoms with Crippen molar-refractivity contribution in [3.63, 3.8) is 0 Å². The highest BCUT2D eigenvalue weighted by atomic mass is 16.2. The first-order chi connectivity index (χ1) is 14.0. The molecule has 3 fully saturated rings. The van der Waals surface area contributed by atoms with E-state index < -0.39 is 0 Å². The Labute approximate surface area is 168 Å². The normalized spacial score (nSPS) is 28.1. The Morgan fingerprint density at radius 3 is 2.83 bits per heavy atom. The molecule has 144 valence electrons.